The van der Waals surface area contributed by atoms with Crippen LogP contribution in [0.1, 0.15) is 37.8 Å². The van der Waals surface area contributed by atoms with Crippen LogP contribution < -0.4 is 20.7 Å². The van der Waals surface area contributed by atoms with Crippen LogP contribution in [0, 0.1) is 19.8 Å². The second-order valence-corrected chi connectivity index (χ2v) is 8.39. The lowest BCUT2D eigenvalue weighted by atomic mass is 10.1. The number of unbranched alkanes of at least 4 members (excludes halogenated alkanes) is 1. The average molecular weight is 397 g/mol. The minimum absolute atomic E-state index is 0.201. The Morgan fingerprint density at radius 2 is 1.97 bits per heavy atom. The topological polar surface area (TPSA) is 66.9 Å². The molecule has 3 heterocycles. The summed E-state index contributed by atoms with van der Waals surface area (Å²) in [5, 5.41) is 0. The van der Waals surface area contributed by atoms with Crippen LogP contribution in [-0.2, 0) is 20.1 Å². The van der Waals surface area contributed by atoms with E-state index in [0.717, 1.165) is 37.6 Å². The molecule has 0 aliphatic carbocycles. The Kier molecular flexibility index (Phi) is 4.84. The summed E-state index contributed by atoms with van der Waals surface area (Å²) in [5.41, 5.74) is 4.29. The van der Waals surface area contributed by atoms with Crippen molar-refractivity contribution < 1.29 is 4.57 Å². The smallest absolute Gasteiger partial charge is 0.267 e. The molecule has 0 amide bonds. The monoisotopic (exact) mass is 396 g/mol. The molecule has 0 saturated carbocycles. The third kappa shape index (κ3) is 3.09. The van der Waals surface area contributed by atoms with Gasteiger partial charge in [-0.15, -0.1) is 0 Å². The fraction of sp³-hybridized carbons (Fsp3) is 0.500. The summed E-state index contributed by atoms with van der Waals surface area (Å²) >= 11 is 0. The molecule has 1 N–H and O–H groups in total. The zero-order chi connectivity index (χ0) is 20.9. The summed E-state index contributed by atoms with van der Waals surface area (Å²) in [7, 11) is 1.73. The van der Waals surface area contributed by atoms with Crippen LogP contribution in [0.25, 0.3) is 11.2 Å². The molecule has 0 unspecified atom stereocenters. The molecule has 0 fully saturated rings. The van der Waals surface area contributed by atoms with Gasteiger partial charge in [-0.25, -0.2) is 19.2 Å². The Morgan fingerprint density at radius 1 is 1.21 bits per heavy atom. The van der Waals surface area contributed by atoms with Crippen molar-refractivity contribution in [1.29, 1.82) is 0 Å². The van der Waals surface area contributed by atoms with Gasteiger partial charge < -0.3 is 0 Å². The van der Waals surface area contributed by atoms with E-state index in [4.69, 9.17) is 0 Å². The molecule has 154 valence electrons. The van der Waals surface area contributed by atoms with Gasteiger partial charge in [0.1, 0.15) is 5.69 Å². The maximum absolute atomic E-state index is 13.3. The number of anilines is 2. The molecule has 4 rings (SSSR count). The lowest BCUT2D eigenvalue weighted by Crippen LogP contribution is -2.52. The third-order valence-electron chi connectivity index (χ3n) is 6.06. The molecule has 0 bridgehead atoms. The number of hydrogen-bond donors (Lipinski definition) is 1. The van der Waals surface area contributed by atoms with E-state index in [2.05, 4.69) is 60.3 Å². The van der Waals surface area contributed by atoms with Crippen molar-refractivity contribution in [3.05, 3.63) is 50.2 Å². The van der Waals surface area contributed by atoms with E-state index in [9.17, 15) is 9.59 Å². The van der Waals surface area contributed by atoms with E-state index in [1.54, 1.807) is 11.6 Å². The molecule has 1 aliphatic rings. The predicted octanol–water partition coefficient (Wildman–Crippen LogP) is 2.52. The van der Waals surface area contributed by atoms with Gasteiger partial charge in [0.15, 0.2) is 0 Å². The number of benzene rings is 1. The zero-order valence-electron chi connectivity index (χ0n) is 18.0. The first-order valence-electron chi connectivity index (χ1n) is 10.4. The van der Waals surface area contributed by atoms with Gasteiger partial charge in [-0.2, -0.15) is 0 Å². The Labute approximate surface area is 170 Å². The highest BCUT2D eigenvalue weighted by Gasteiger charge is 2.36. The summed E-state index contributed by atoms with van der Waals surface area (Å²) in [6, 6.07) is 6.43. The number of aromatic nitrogens is 4. The molecule has 0 spiro atoms. The van der Waals surface area contributed by atoms with Crippen molar-refractivity contribution in [1.82, 2.24) is 14.1 Å². The number of aryl methyl sites for hydroxylation is 3. The number of nitrogens with one attached hydrogen (secondary N) is 1. The van der Waals surface area contributed by atoms with E-state index in [1.165, 1.54) is 15.7 Å². The quantitative estimate of drug-likeness (QED) is 0.689. The first-order chi connectivity index (χ1) is 13.8. The van der Waals surface area contributed by atoms with Crippen LogP contribution in [0.2, 0.25) is 0 Å². The van der Waals surface area contributed by atoms with Crippen molar-refractivity contribution in [2.75, 3.05) is 11.4 Å². The standard InChI is InChI=1S/C22H29N5O2/c1-6-7-10-25-20(28)18-19(24(5)22(25)29)23-21-26(12-14(2)13-27(18)21)17-9-8-15(3)16(4)11-17/h8-9,11,14H,6-7,10,12-13H2,1-5H3/p+1/t14-/m1/s1. The molecule has 1 aliphatic heterocycles. The highest BCUT2D eigenvalue weighted by molar-refractivity contribution is 5.70. The van der Waals surface area contributed by atoms with Gasteiger partial charge in [-0.3, -0.25) is 13.9 Å². The van der Waals surface area contributed by atoms with Gasteiger partial charge in [0, 0.05) is 19.5 Å². The molecule has 7 nitrogen and oxygen atoms in total. The van der Waals surface area contributed by atoms with Crippen LogP contribution >= 0.6 is 0 Å². The molecule has 0 radical (unpaired) electrons. The van der Waals surface area contributed by atoms with Gasteiger partial charge in [-0.1, -0.05) is 26.3 Å². The fourth-order valence-corrected chi connectivity index (χ4v) is 4.21. The SMILES string of the molecule is CCCCn1c(=O)c2c([nH]c3[n+]2C[C@H](C)CN3c2ccc(C)c(C)c2)n(C)c1=O. The van der Waals surface area contributed by atoms with Gasteiger partial charge in [0.2, 0.25) is 11.2 Å². The Bertz CT molecular complexity index is 1200. The normalized spacial score (nSPS) is 16.4. The molecule has 2 aromatic heterocycles. The maximum atomic E-state index is 13.3. The Hall–Kier alpha value is -2.83. The predicted molar refractivity (Wildman–Crippen MR) is 115 cm³/mol. The highest BCUT2D eigenvalue weighted by Crippen LogP contribution is 2.29. The van der Waals surface area contributed by atoms with Crippen LogP contribution in [-0.4, -0.2) is 20.7 Å². The molecule has 29 heavy (non-hydrogen) atoms. The summed E-state index contributed by atoms with van der Waals surface area (Å²) in [5.74, 6) is 1.23. The van der Waals surface area contributed by atoms with Gasteiger partial charge in [0.25, 0.3) is 5.56 Å². The second-order valence-electron chi connectivity index (χ2n) is 8.39. The fourth-order valence-electron chi connectivity index (χ4n) is 4.21. The van der Waals surface area contributed by atoms with Crippen LogP contribution in [0.3, 0.4) is 0 Å². The number of aromatic amines is 1. The molecule has 3 aromatic rings. The van der Waals surface area contributed by atoms with Crippen molar-refractivity contribution >= 4 is 22.8 Å². The Balaban J connectivity index is 1.97. The molecular formula is C22H30N5O2+. The van der Waals surface area contributed by atoms with E-state index < -0.39 is 0 Å². The van der Waals surface area contributed by atoms with Gasteiger partial charge >= 0.3 is 11.6 Å². The number of imidazole rings is 1. The molecule has 1 atom stereocenters. The first kappa shape index (κ1) is 19.5. The first-order valence-corrected chi connectivity index (χ1v) is 10.4. The molecule has 0 saturated heterocycles. The minimum atomic E-state index is -0.263. The summed E-state index contributed by atoms with van der Waals surface area (Å²) in [6.45, 7) is 10.5. The van der Waals surface area contributed by atoms with Crippen molar-refractivity contribution in [2.45, 2.75) is 53.6 Å². The summed E-state index contributed by atoms with van der Waals surface area (Å²) in [6.07, 6.45) is 1.74. The highest BCUT2D eigenvalue weighted by atomic mass is 16.2. The minimum Gasteiger partial charge on any atom is -0.267 e. The van der Waals surface area contributed by atoms with E-state index in [-0.39, 0.29) is 11.2 Å². The van der Waals surface area contributed by atoms with Gasteiger partial charge in [0.05, 0.1) is 13.1 Å². The lowest BCUT2D eigenvalue weighted by Gasteiger charge is -2.26. The van der Waals surface area contributed by atoms with Gasteiger partial charge in [-0.05, 0) is 43.5 Å². The van der Waals surface area contributed by atoms with E-state index in [0.29, 0.717) is 23.6 Å². The zero-order valence-corrected chi connectivity index (χ0v) is 18.0. The number of hydrogen-bond acceptors (Lipinski definition) is 3. The average Bonchev–Trinajstić information content (AvgIpc) is 3.07. The van der Waals surface area contributed by atoms with Crippen LogP contribution in [0.15, 0.2) is 27.8 Å². The van der Waals surface area contributed by atoms with Crippen LogP contribution in [0.5, 0.6) is 0 Å². The van der Waals surface area contributed by atoms with Crippen LogP contribution in [0.4, 0.5) is 11.6 Å². The molecule has 1 aromatic carbocycles. The maximum Gasteiger partial charge on any atom is 0.364 e. The molecule has 7 heteroatoms. The molecular weight excluding hydrogens is 366 g/mol. The number of H-pyrrole nitrogens is 1. The Morgan fingerprint density at radius 3 is 2.66 bits per heavy atom. The summed E-state index contributed by atoms with van der Waals surface area (Å²) < 4.78 is 5.01. The number of rotatable bonds is 4. The number of fused-ring (bicyclic) bond motifs is 3. The van der Waals surface area contributed by atoms with E-state index in [1.807, 2.05) is 0 Å². The van der Waals surface area contributed by atoms with Crippen molar-refractivity contribution in [3.8, 4) is 0 Å². The lowest BCUT2D eigenvalue weighted by molar-refractivity contribution is -0.669. The van der Waals surface area contributed by atoms with Crippen molar-refractivity contribution in [3.63, 3.8) is 0 Å². The van der Waals surface area contributed by atoms with E-state index >= 15 is 0 Å². The number of nitrogens with zero attached hydrogens (tertiary/aromatic N) is 4. The second kappa shape index (κ2) is 7.21. The van der Waals surface area contributed by atoms with Crippen molar-refractivity contribution in [2.24, 2.45) is 13.0 Å². The summed E-state index contributed by atoms with van der Waals surface area (Å²) in [4.78, 5) is 31.7. The third-order valence-corrected chi connectivity index (χ3v) is 6.06. The largest absolute Gasteiger partial charge is 0.364 e.